The smallest absolute Gasteiger partial charge is 0.449 e. The van der Waals surface area contributed by atoms with Gasteiger partial charge in [-0.25, -0.2) is 9.18 Å². The molecule has 3 N–H and O–H groups in total. The first-order valence-electron chi connectivity index (χ1n) is 8.12. The number of aryl methyl sites for hydroxylation is 2. The van der Waals surface area contributed by atoms with Crippen molar-refractivity contribution in [3.63, 3.8) is 0 Å². The molecule has 1 aliphatic heterocycles. The summed E-state index contributed by atoms with van der Waals surface area (Å²) < 4.78 is 20.4. The lowest BCUT2D eigenvalue weighted by atomic mass is 10.1. The van der Waals surface area contributed by atoms with Crippen molar-refractivity contribution in [2.24, 2.45) is 5.73 Å². The van der Waals surface area contributed by atoms with Crippen LogP contribution in [0.25, 0.3) is 5.52 Å². The molecule has 1 fully saturated rings. The molecule has 8 heteroatoms. The van der Waals surface area contributed by atoms with Gasteiger partial charge in [-0.05, 0) is 37.0 Å². The molecule has 0 spiro atoms. The number of nitrogens with two attached hydrogens (primary N) is 1. The number of anilines is 1. The minimum Gasteiger partial charge on any atom is -0.449 e. The lowest BCUT2D eigenvalue weighted by Gasteiger charge is -2.23. The lowest BCUT2D eigenvalue weighted by molar-refractivity contribution is 0.143. The summed E-state index contributed by atoms with van der Waals surface area (Å²) >= 11 is 0. The number of hydrogen-bond donors (Lipinski definition) is 2. The number of pyridine rings is 2. The van der Waals surface area contributed by atoms with Gasteiger partial charge in [0.2, 0.25) is 0 Å². The van der Waals surface area contributed by atoms with Crippen molar-refractivity contribution < 1.29 is 19.0 Å². The Kier molecular flexibility index (Phi) is 4.38. The second-order valence-electron chi connectivity index (χ2n) is 6.22. The van der Waals surface area contributed by atoms with Gasteiger partial charge in [-0.3, -0.25) is 9.20 Å². The lowest BCUT2D eigenvalue weighted by Crippen LogP contribution is -2.28. The van der Waals surface area contributed by atoms with Crippen LogP contribution < -0.4 is 20.9 Å². The number of ether oxygens (including phenoxy) is 1. The van der Waals surface area contributed by atoms with Crippen LogP contribution in [-0.2, 0) is 6.42 Å². The first kappa shape index (κ1) is 17.2. The maximum atomic E-state index is 14.8. The quantitative estimate of drug-likeness (QED) is 0.822. The number of carboxylic acid groups (broad SMARTS) is 1. The summed E-state index contributed by atoms with van der Waals surface area (Å²) in [6.07, 6.45) is 0.824. The molecule has 1 atom stereocenters. The Labute approximate surface area is 143 Å². The van der Waals surface area contributed by atoms with Gasteiger partial charge in [0.25, 0.3) is 5.56 Å². The number of rotatable bonds is 3. The first-order valence-corrected chi connectivity index (χ1v) is 8.12. The fourth-order valence-electron chi connectivity index (χ4n) is 3.49. The third-order valence-corrected chi connectivity index (χ3v) is 4.58. The zero-order valence-corrected chi connectivity index (χ0v) is 14.1. The number of carbonyl (C=O) groups is 1. The predicted molar refractivity (Wildman–Crippen MR) is 91.2 cm³/mol. The summed E-state index contributed by atoms with van der Waals surface area (Å²) in [7, 11) is 0. The van der Waals surface area contributed by atoms with Gasteiger partial charge in [-0.15, -0.1) is 0 Å². The van der Waals surface area contributed by atoms with Gasteiger partial charge >= 0.3 is 6.16 Å². The summed E-state index contributed by atoms with van der Waals surface area (Å²) in [4.78, 5) is 25.2. The molecule has 0 amide bonds. The molecule has 0 aliphatic carbocycles. The molecule has 0 bridgehead atoms. The van der Waals surface area contributed by atoms with Crippen molar-refractivity contribution in [2.45, 2.75) is 32.7 Å². The second-order valence-corrected chi connectivity index (χ2v) is 6.22. The Morgan fingerprint density at radius 3 is 2.80 bits per heavy atom. The summed E-state index contributed by atoms with van der Waals surface area (Å²) in [6, 6.07) is 1.41. The van der Waals surface area contributed by atoms with E-state index in [1.807, 2.05) is 11.8 Å². The van der Waals surface area contributed by atoms with E-state index in [-0.39, 0.29) is 11.8 Å². The van der Waals surface area contributed by atoms with Crippen LogP contribution in [0.15, 0.2) is 17.1 Å². The molecule has 3 heterocycles. The van der Waals surface area contributed by atoms with Crippen molar-refractivity contribution >= 4 is 17.4 Å². The van der Waals surface area contributed by atoms with E-state index in [4.69, 9.17) is 10.8 Å². The van der Waals surface area contributed by atoms with Crippen LogP contribution in [0.5, 0.6) is 5.75 Å². The highest BCUT2D eigenvalue weighted by molar-refractivity contribution is 5.73. The van der Waals surface area contributed by atoms with Gasteiger partial charge in [-0.1, -0.05) is 6.92 Å². The molecule has 1 unspecified atom stereocenters. The SMILES string of the molecule is CCc1cc(OC(=O)O)c(=O)n2cc(F)c(N3CCC(N)C3)c(C)c12. The van der Waals surface area contributed by atoms with Gasteiger partial charge in [0.15, 0.2) is 11.6 Å². The number of halogens is 1. The van der Waals surface area contributed by atoms with Crippen LogP contribution in [-0.4, -0.2) is 34.8 Å². The van der Waals surface area contributed by atoms with Gasteiger partial charge in [0, 0.05) is 19.1 Å². The van der Waals surface area contributed by atoms with Crippen LogP contribution in [0.4, 0.5) is 14.9 Å². The summed E-state index contributed by atoms with van der Waals surface area (Å²) in [6.45, 7) is 4.84. The number of fused-ring (bicyclic) bond motifs is 1. The largest absolute Gasteiger partial charge is 0.511 e. The molecule has 25 heavy (non-hydrogen) atoms. The maximum Gasteiger partial charge on any atom is 0.511 e. The third-order valence-electron chi connectivity index (χ3n) is 4.58. The second kappa shape index (κ2) is 6.36. The average Bonchev–Trinajstić information content (AvgIpc) is 2.96. The molecule has 3 rings (SSSR count). The van der Waals surface area contributed by atoms with Crippen molar-refractivity contribution in [3.8, 4) is 5.75 Å². The standard InChI is InChI=1S/C17H20FN3O4/c1-3-10-6-13(25-17(23)24)16(22)21-8-12(18)15(9(2)14(10)21)20-5-4-11(19)7-20/h6,8,11H,3-5,7,19H2,1-2H3,(H,23,24). The fraction of sp³-hybridized carbons (Fsp3) is 0.412. The van der Waals surface area contributed by atoms with Crippen molar-refractivity contribution in [3.05, 3.63) is 39.6 Å². The van der Waals surface area contributed by atoms with E-state index in [1.54, 1.807) is 6.92 Å². The van der Waals surface area contributed by atoms with Crippen LogP contribution >= 0.6 is 0 Å². The summed E-state index contributed by atoms with van der Waals surface area (Å²) in [5.41, 5.74) is 7.57. The van der Waals surface area contributed by atoms with E-state index >= 15 is 0 Å². The molecular weight excluding hydrogens is 329 g/mol. The molecule has 1 aliphatic rings. The first-order chi connectivity index (χ1) is 11.8. The van der Waals surface area contributed by atoms with Gasteiger partial charge in [-0.2, -0.15) is 0 Å². The van der Waals surface area contributed by atoms with Crippen LogP contribution in [0.3, 0.4) is 0 Å². The summed E-state index contributed by atoms with van der Waals surface area (Å²) in [5, 5.41) is 8.79. The minimum atomic E-state index is -1.58. The Morgan fingerprint density at radius 1 is 1.52 bits per heavy atom. The Balaban J connectivity index is 2.28. The zero-order chi connectivity index (χ0) is 18.3. The fourth-order valence-corrected chi connectivity index (χ4v) is 3.49. The normalized spacial score (nSPS) is 17.3. The van der Waals surface area contributed by atoms with Crippen LogP contribution in [0.2, 0.25) is 0 Å². The highest BCUT2D eigenvalue weighted by atomic mass is 19.1. The van der Waals surface area contributed by atoms with E-state index < -0.39 is 17.5 Å². The van der Waals surface area contributed by atoms with E-state index in [0.29, 0.717) is 41.8 Å². The highest BCUT2D eigenvalue weighted by Gasteiger charge is 2.26. The molecule has 134 valence electrons. The average molecular weight is 349 g/mol. The number of nitrogens with zero attached hydrogens (tertiary/aromatic N) is 2. The predicted octanol–water partition coefficient (Wildman–Crippen LogP) is 1.90. The Bertz CT molecular complexity index is 909. The molecule has 2 aromatic heterocycles. The van der Waals surface area contributed by atoms with Crippen LogP contribution in [0.1, 0.15) is 24.5 Å². The summed E-state index contributed by atoms with van der Waals surface area (Å²) in [5.74, 6) is -0.882. The Hall–Kier alpha value is -2.61. The molecular formula is C17H20FN3O4. The molecule has 0 saturated carbocycles. The number of aromatic nitrogens is 1. The molecule has 0 radical (unpaired) electrons. The highest BCUT2D eigenvalue weighted by Crippen LogP contribution is 2.32. The monoisotopic (exact) mass is 349 g/mol. The zero-order valence-electron chi connectivity index (χ0n) is 14.1. The Morgan fingerprint density at radius 2 is 2.24 bits per heavy atom. The van der Waals surface area contributed by atoms with E-state index in [9.17, 15) is 14.0 Å². The molecule has 0 aromatic carbocycles. The van der Waals surface area contributed by atoms with Gasteiger partial charge < -0.3 is 20.5 Å². The van der Waals surface area contributed by atoms with E-state index in [1.165, 1.54) is 6.07 Å². The van der Waals surface area contributed by atoms with Crippen LogP contribution in [0, 0.1) is 12.7 Å². The maximum absolute atomic E-state index is 14.8. The number of hydrogen-bond acceptors (Lipinski definition) is 5. The molecule has 2 aromatic rings. The third kappa shape index (κ3) is 2.93. The molecule has 7 nitrogen and oxygen atoms in total. The minimum absolute atomic E-state index is 0.00536. The van der Waals surface area contributed by atoms with E-state index in [0.717, 1.165) is 17.0 Å². The van der Waals surface area contributed by atoms with Gasteiger partial charge in [0.05, 0.1) is 17.4 Å². The van der Waals surface area contributed by atoms with Crippen molar-refractivity contribution in [2.75, 3.05) is 18.0 Å². The van der Waals surface area contributed by atoms with Crippen molar-refractivity contribution in [1.82, 2.24) is 4.40 Å². The van der Waals surface area contributed by atoms with E-state index in [2.05, 4.69) is 4.74 Å². The molecule has 1 saturated heterocycles. The van der Waals surface area contributed by atoms with Crippen molar-refractivity contribution in [1.29, 1.82) is 0 Å². The topological polar surface area (TPSA) is 97.3 Å². The van der Waals surface area contributed by atoms with Gasteiger partial charge in [0.1, 0.15) is 0 Å².